The molecule has 0 bridgehead atoms. The number of carbonyl (C=O) groups excluding carboxylic acids is 1. The molecule has 1 aliphatic heterocycles. The summed E-state index contributed by atoms with van der Waals surface area (Å²) in [5.41, 5.74) is 11.0. The fourth-order valence-corrected chi connectivity index (χ4v) is 4.55. The average Bonchev–Trinajstić information content (AvgIpc) is 3.41. The number of nitrogens with one attached hydrogen (secondary N) is 1. The predicted octanol–water partition coefficient (Wildman–Crippen LogP) is 4.45. The number of nitrogen functional groups attached to an aromatic ring is 1. The van der Waals surface area contributed by atoms with E-state index in [0.29, 0.717) is 23.7 Å². The smallest absolute Gasteiger partial charge is 0.414 e. The van der Waals surface area contributed by atoms with Gasteiger partial charge < -0.3 is 15.2 Å². The molecule has 0 saturated carbocycles. The fraction of sp³-hybridized carbons (Fsp3) is 0.231. The van der Waals surface area contributed by atoms with Gasteiger partial charge in [0.2, 0.25) is 0 Å². The number of nitrogens with zero attached hydrogens (tertiary/aromatic N) is 1. The lowest BCUT2D eigenvalue weighted by molar-refractivity contribution is 0.105. The van der Waals surface area contributed by atoms with Gasteiger partial charge in [-0.15, -0.1) is 0 Å². The number of amidine groups is 1. The van der Waals surface area contributed by atoms with Gasteiger partial charge in [0.05, 0.1) is 6.54 Å². The average molecular weight is 428 g/mol. The molecule has 3 aromatic rings. The zero-order valence-corrected chi connectivity index (χ0v) is 17.7. The van der Waals surface area contributed by atoms with Crippen molar-refractivity contribution in [1.82, 2.24) is 0 Å². The highest BCUT2D eigenvalue weighted by molar-refractivity contribution is 5.97. The molecule has 0 spiro atoms. The minimum Gasteiger partial charge on any atom is -0.490 e. The van der Waals surface area contributed by atoms with Gasteiger partial charge in [-0.3, -0.25) is 10.3 Å². The Bertz CT molecular complexity index is 1160. The number of nitrogens with two attached hydrogens (primary N) is 1. The van der Waals surface area contributed by atoms with Crippen LogP contribution in [-0.2, 0) is 11.2 Å². The molecular weight excluding hydrogens is 402 g/mol. The van der Waals surface area contributed by atoms with Crippen LogP contribution in [0.15, 0.2) is 72.8 Å². The normalized spacial score (nSPS) is 19.5. The molecule has 0 radical (unpaired) electrons. The van der Waals surface area contributed by atoms with E-state index in [0.717, 1.165) is 18.6 Å². The van der Waals surface area contributed by atoms with E-state index in [1.54, 1.807) is 29.2 Å². The van der Waals surface area contributed by atoms with Crippen LogP contribution in [0.5, 0.6) is 5.75 Å². The summed E-state index contributed by atoms with van der Waals surface area (Å²) in [4.78, 5) is 13.9. The van der Waals surface area contributed by atoms with Gasteiger partial charge in [0.25, 0.3) is 0 Å². The quantitative estimate of drug-likeness (QED) is 0.449. The second-order valence-corrected chi connectivity index (χ2v) is 8.25. The highest BCUT2D eigenvalue weighted by Crippen LogP contribution is 2.38. The summed E-state index contributed by atoms with van der Waals surface area (Å²) in [6.07, 6.45) is 1.47. The first-order valence-electron chi connectivity index (χ1n) is 10.8. The summed E-state index contributed by atoms with van der Waals surface area (Å²) in [6, 6.07) is 23.9. The number of ether oxygens (including phenoxy) is 2. The van der Waals surface area contributed by atoms with Crippen molar-refractivity contribution in [3.63, 3.8) is 0 Å². The summed E-state index contributed by atoms with van der Waals surface area (Å²) in [6.45, 7) is 0.664. The minimum atomic E-state index is -0.422. The Morgan fingerprint density at radius 1 is 1.09 bits per heavy atom. The predicted molar refractivity (Wildman–Crippen MR) is 124 cm³/mol. The minimum absolute atomic E-state index is 0.0381. The molecule has 1 aliphatic carbocycles. The van der Waals surface area contributed by atoms with Crippen molar-refractivity contribution in [2.45, 2.75) is 24.9 Å². The zero-order chi connectivity index (χ0) is 22.1. The summed E-state index contributed by atoms with van der Waals surface area (Å²) in [7, 11) is 0. The van der Waals surface area contributed by atoms with Crippen LogP contribution in [0, 0.1) is 5.41 Å². The van der Waals surface area contributed by atoms with E-state index in [1.807, 2.05) is 12.1 Å². The maximum absolute atomic E-state index is 12.3. The summed E-state index contributed by atoms with van der Waals surface area (Å²) in [5, 5.41) is 7.58. The van der Waals surface area contributed by atoms with Crippen LogP contribution in [0.2, 0.25) is 0 Å². The lowest BCUT2D eigenvalue weighted by atomic mass is 9.93. The van der Waals surface area contributed by atoms with Crippen molar-refractivity contribution in [2.75, 3.05) is 18.1 Å². The van der Waals surface area contributed by atoms with Gasteiger partial charge in [-0.05, 0) is 53.8 Å². The Morgan fingerprint density at radius 3 is 2.72 bits per heavy atom. The van der Waals surface area contributed by atoms with Gasteiger partial charge >= 0.3 is 6.09 Å². The Morgan fingerprint density at radius 2 is 1.91 bits per heavy atom. The number of cyclic esters (lactones) is 1. The molecule has 6 heteroatoms. The summed E-state index contributed by atoms with van der Waals surface area (Å²) in [5.74, 6) is 1.16. The maximum Gasteiger partial charge on any atom is 0.414 e. The van der Waals surface area contributed by atoms with Crippen LogP contribution in [0.1, 0.15) is 34.6 Å². The van der Waals surface area contributed by atoms with Gasteiger partial charge in [0.1, 0.15) is 18.2 Å². The third-order valence-electron chi connectivity index (χ3n) is 6.19. The molecule has 1 saturated heterocycles. The molecule has 5 rings (SSSR count). The number of carbonyl (C=O) groups is 1. The Balaban J connectivity index is 1.20. The third-order valence-corrected chi connectivity index (χ3v) is 6.19. The molecule has 2 aliphatic rings. The first-order chi connectivity index (χ1) is 15.6. The van der Waals surface area contributed by atoms with E-state index in [9.17, 15) is 4.79 Å². The fourth-order valence-electron chi connectivity index (χ4n) is 4.55. The van der Waals surface area contributed by atoms with E-state index in [-0.39, 0.29) is 18.5 Å². The molecule has 3 aromatic carbocycles. The van der Waals surface area contributed by atoms with Crippen LogP contribution in [0.3, 0.4) is 0 Å². The topological polar surface area (TPSA) is 88.6 Å². The largest absolute Gasteiger partial charge is 0.490 e. The number of anilines is 1. The Kier molecular flexibility index (Phi) is 5.27. The molecule has 0 aromatic heterocycles. The third kappa shape index (κ3) is 3.91. The van der Waals surface area contributed by atoms with E-state index in [1.165, 1.54) is 16.7 Å². The summed E-state index contributed by atoms with van der Waals surface area (Å²) >= 11 is 0. The summed E-state index contributed by atoms with van der Waals surface area (Å²) < 4.78 is 11.4. The number of rotatable bonds is 6. The van der Waals surface area contributed by atoms with Crippen molar-refractivity contribution in [3.05, 3.63) is 95.1 Å². The molecule has 1 fully saturated rings. The first-order valence-corrected chi connectivity index (χ1v) is 10.8. The molecule has 32 heavy (non-hydrogen) atoms. The van der Waals surface area contributed by atoms with E-state index >= 15 is 0 Å². The molecule has 162 valence electrons. The van der Waals surface area contributed by atoms with Gasteiger partial charge in [-0.2, -0.15) is 0 Å². The van der Waals surface area contributed by atoms with Crippen molar-refractivity contribution < 1.29 is 14.3 Å². The SMILES string of the molecule is N=C(N)c1cccc(N2CC(COc3ccc(C4CCc5ccccc54)cc3)OC2=O)c1. The zero-order valence-electron chi connectivity index (χ0n) is 17.7. The molecule has 1 amide bonds. The number of hydrogen-bond acceptors (Lipinski definition) is 4. The molecule has 6 nitrogen and oxygen atoms in total. The van der Waals surface area contributed by atoms with Gasteiger partial charge in [0.15, 0.2) is 6.10 Å². The number of aryl methyl sites for hydroxylation is 1. The van der Waals surface area contributed by atoms with Crippen LogP contribution in [0.4, 0.5) is 10.5 Å². The van der Waals surface area contributed by atoms with E-state index in [2.05, 4.69) is 36.4 Å². The first kappa shape index (κ1) is 20.1. The molecule has 1 heterocycles. The molecule has 3 N–H and O–H groups in total. The highest BCUT2D eigenvalue weighted by Gasteiger charge is 2.33. The van der Waals surface area contributed by atoms with Crippen molar-refractivity contribution in [2.24, 2.45) is 5.73 Å². The van der Waals surface area contributed by atoms with Gasteiger partial charge in [0, 0.05) is 17.2 Å². The Hall–Kier alpha value is -3.80. The lowest BCUT2D eigenvalue weighted by Gasteiger charge is -2.15. The van der Waals surface area contributed by atoms with Gasteiger partial charge in [-0.1, -0.05) is 48.5 Å². The van der Waals surface area contributed by atoms with E-state index < -0.39 is 6.09 Å². The standard InChI is InChI=1S/C26H25N3O3/c27-25(28)19-5-3-6-20(14-19)29-15-22(32-26(29)30)16-31-21-11-8-18(9-12-21)24-13-10-17-4-1-2-7-23(17)24/h1-9,11-12,14,22,24H,10,13,15-16H2,(H3,27,28). The van der Waals surface area contributed by atoms with Crippen molar-refractivity contribution in [1.29, 1.82) is 5.41 Å². The second-order valence-electron chi connectivity index (χ2n) is 8.25. The van der Waals surface area contributed by atoms with Crippen LogP contribution in [0.25, 0.3) is 0 Å². The second kappa shape index (κ2) is 8.38. The van der Waals surface area contributed by atoms with Crippen LogP contribution in [-0.4, -0.2) is 31.2 Å². The van der Waals surface area contributed by atoms with Crippen LogP contribution >= 0.6 is 0 Å². The maximum atomic E-state index is 12.3. The number of hydrogen-bond donors (Lipinski definition) is 2. The van der Waals surface area contributed by atoms with Gasteiger partial charge in [-0.25, -0.2) is 4.79 Å². The molecule has 2 unspecified atom stereocenters. The van der Waals surface area contributed by atoms with E-state index in [4.69, 9.17) is 20.6 Å². The van der Waals surface area contributed by atoms with Crippen molar-refractivity contribution >= 4 is 17.6 Å². The number of amides is 1. The van der Waals surface area contributed by atoms with Crippen molar-refractivity contribution in [3.8, 4) is 5.75 Å². The highest BCUT2D eigenvalue weighted by atomic mass is 16.6. The Labute approximate surface area is 187 Å². The molecular formula is C26H25N3O3. The molecule has 2 atom stereocenters. The number of fused-ring (bicyclic) bond motifs is 1. The monoisotopic (exact) mass is 427 g/mol. The van der Waals surface area contributed by atoms with Crippen LogP contribution < -0.4 is 15.4 Å². The number of benzene rings is 3. The lowest BCUT2D eigenvalue weighted by Crippen LogP contribution is -2.27.